The number of nitrogens with zero attached hydrogens (tertiary/aromatic N) is 1. The van der Waals surface area contributed by atoms with E-state index in [4.69, 9.17) is 0 Å². The van der Waals surface area contributed by atoms with Crippen molar-refractivity contribution in [3.63, 3.8) is 0 Å². The van der Waals surface area contributed by atoms with Crippen LogP contribution in [-0.2, 0) is 11.3 Å². The molecule has 0 aromatic heterocycles. The van der Waals surface area contributed by atoms with Crippen LogP contribution in [0.15, 0.2) is 48.5 Å². The number of benzene rings is 2. The number of amides is 1. The summed E-state index contributed by atoms with van der Waals surface area (Å²) in [6, 6.07) is 14.5. The van der Waals surface area contributed by atoms with Gasteiger partial charge in [0.15, 0.2) is 6.54 Å². The van der Waals surface area contributed by atoms with Gasteiger partial charge < -0.3 is 15.5 Å². The van der Waals surface area contributed by atoms with Crippen molar-refractivity contribution in [1.29, 1.82) is 0 Å². The Balaban J connectivity index is 1.65. The molecule has 138 valence electrons. The zero-order valence-electron chi connectivity index (χ0n) is 15.1. The standard InChI is InChI=1S/C19H24N4O3/c1-15-3-5-16(6-4-15)13-22(2)14-19(24)21-12-11-20-17-7-9-18(10-8-17)23(25)26/h3-10,20H,11-14H2,1-2H3,(H,21,24)/p+1. The molecule has 0 saturated heterocycles. The van der Waals surface area contributed by atoms with E-state index in [1.165, 1.54) is 23.3 Å². The summed E-state index contributed by atoms with van der Waals surface area (Å²) in [4.78, 5) is 23.3. The largest absolute Gasteiger partial charge is 0.383 e. The summed E-state index contributed by atoms with van der Waals surface area (Å²) >= 11 is 0. The monoisotopic (exact) mass is 357 g/mol. The molecule has 0 fully saturated rings. The Hall–Kier alpha value is -2.93. The van der Waals surface area contributed by atoms with Crippen molar-refractivity contribution >= 4 is 17.3 Å². The first-order valence-electron chi connectivity index (χ1n) is 8.56. The van der Waals surface area contributed by atoms with Crippen LogP contribution in [0.1, 0.15) is 11.1 Å². The number of non-ortho nitro benzene ring substituents is 1. The molecule has 1 atom stereocenters. The van der Waals surface area contributed by atoms with Crippen molar-refractivity contribution in [2.75, 3.05) is 32.0 Å². The number of nitrogens with one attached hydrogen (secondary N) is 3. The quantitative estimate of drug-likeness (QED) is 0.357. The number of hydrogen-bond acceptors (Lipinski definition) is 4. The molecular formula is C19H25N4O3+. The van der Waals surface area contributed by atoms with E-state index >= 15 is 0 Å². The van der Waals surface area contributed by atoms with Gasteiger partial charge in [-0.1, -0.05) is 29.8 Å². The first-order chi connectivity index (χ1) is 12.4. The van der Waals surface area contributed by atoms with Crippen molar-refractivity contribution in [3.05, 3.63) is 69.8 Å². The van der Waals surface area contributed by atoms with E-state index < -0.39 is 4.92 Å². The zero-order chi connectivity index (χ0) is 18.9. The maximum atomic E-state index is 12.0. The van der Waals surface area contributed by atoms with Gasteiger partial charge in [0, 0.05) is 36.5 Å². The van der Waals surface area contributed by atoms with Crippen LogP contribution < -0.4 is 15.5 Å². The van der Waals surface area contributed by atoms with Crippen LogP contribution in [0.5, 0.6) is 0 Å². The van der Waals surface area contributed by atoms with Gasteiger partial charge in [0.2, 0.25) is 0 Å². The number of aryl methyl sites for hydroxylation is 1. The van der Waals surface area contributed by atoms with Crippen LogP contribution in [0.2, 0.25) is 0 Å². The normalized spacial score (nSPS) is 11.6. The first-order valence-corrected chi connectivity index (χ1v) is 8.56. The van der Waals surface area contributed by atoms with Crippen molar-refractivity contribution in [1.82, 2.24) is 5.32 Å². The summed E-state index contributed by atoms with van der Waals surface area (Å²) in [5.74, 6) is 0.000103. The lowest BCUT2D eigenvalue weighted by Gasteiger charge is -2.14. The van der Waals surface area contributed by atoms with Gasteiger partial charge in [0.25, 0.3) is 11.6 Å². The van der Waals surface area contributed by atoms with E-state index in [9.17, 15) is 14.9 Å². The molecule has 26 heavy (non-hydrogen) atoms. The van der Waals surface area contributed by atoms with Gasteiger partial charge in [-0.05, 0) is 19.1 Å². The zero-order valence-corrected chi connectivity index (χ0v) is 15.1. The summed E-state index contributed by atoms with van der Waals surface area (Å²) in [6.07, 6.45) is 0. The lowest BCUT2D eigenvalue weighted by atomic mass is 10.1. The summed E-state index contributed by atoms with van der Waals surface area (Å²) in [6.45, 7) is 4.31. The van der Waals surface area contributed by atoms with Gasteiger partial charge in [0.1, 0.15) is 6.54 Å². The molecule has 0 radical (unpaired) electrons. The van der Waals surface area contributed by atoms with Crippen molar-refractivity contribution in [2.45, 2.75) is 13.5 Å². The Morgan fingerprint density at radius 1 is 1.08 bits per heavy atom. The number of quaternary nitrogens is 1. The molecule has 0 heterocycles. The molecule has 2 aromatic carbocycles. The van der Waals surface area contributed by atoms with E-state index in [-0.39, 0.29) is 11.6 Å². The van der Waals surface area contributed by atoms with Gasteiger partial charge >= 0.3 is 0 Å². The molecule has 0 bridgehead atoms. The maximum absolute atomic E-state index is 12.0. The molecule has 0 aliphatic rings. The van der Waals surface area contributed by atoms with Crippen molar-refractivity contribution in [2.24, 2.45) is 0 Å². The number of carbonyl (C=O) groups is 1. The van der Waals surface area contributed by atoms with Crippen LogP contribution >= 0.6 is 0 Å². The van der Waals surface area contributed by atoms with Crippen LogP contribution in [0.3, 0.4) is 0 Å². The van der Waals surface area contributed by atoms with Gasteiger partial charge in [0.05, 0.1) is 12.0 Å². The predicted octanol–water partition coefficient (Wildman–Crippen LogP) is 1.15. The van der Waals surface area contributed by atoms with Gasteiger partial charge in [-0.3, -0.25) is 14.9 Å². The SMILES string of the molecule is Cc1ccc(C[NH+](C)CC(=O)NCCNc2ccc([N+](=O)[O-])cc2)cc1. The van der Waals surface area contributed by atoms with Crippen molar-refractivity contribution in [3.8, 4) is 0 Å². The highest BCUT2D eigenvalue weighted by Gasteiger charge is 2.10. The topological polar surface area (TPSA) is 88.7 Å². The second kappa shape index (κ2) is 9.53. The molecule has 2 aromatic rings. The number of hydrogen-bond donors (Lipinski definition) is 3. The highest BCUT2D eigenvalue weighted by Crippen LogP contribution is 2.14. The van der Waals surface area contributed by atoms with Gasteiger partial charge in [-0.2, -0.15) is 0 Å². The van der Waals surface area contributed by atoms with E-state index in [2.05, 4.69) is 41.8 Å². The van der Waals surface area contributed by atoms with Gasteiger partial charge in [-0.25, -0.2) is 0 Å². The molecular weight excluding hydrogens is 332 g/mol. The number of rotatable bonds is 9. The molecule has 0 spiro atoms. The Morgan fingerprint density at radius 3 is 2.35 bits per heavy atom. The Kier molecular flexibility index (Phi) is 7.11. The number of carbonyl (C=O) groups excluding carboxylic acids is 1. The molecule has 7 nitrogen and oxygen atoms in total. The van der Waals surface area contributed by atoms with Crippen LogP contribution in [0.25, 0.3) is 0 Å². The smallest absolute Gasteiger partial charge is 0.275 e. The Morgan fingerprint density at radius 2 is 1.73 bits per heavy atom. The number of likely N-dealkylation sites (N-methyl/N-ethyl adjacent to an activating group) is 1. The van der Waals surface area contributed by atoms with Crippen LogP contribution in [0, 0.1) is 17.0 Å². The number of nitro benzene ring substituents is 1. The highest BCUT2D eigenvalue weighted by molar-refractivity contribution is 5.76. The van der Waals surface area contributed by atoms with Crippen molar-refractivity contribution < 1.29 is 14.6 Å². The molecule has 0 aliphatic carbocycles. The molecule has 2 rings (SSSR count). The first kappa shape index (κ1) is 19.4. The fourth-order valence-electron chi connectivity index (χ4n) is 2.56. The summed E-state index contributed by atoms with van der Waals surface area (Å²) < 4.78 is 0. The summed E-state index contributed by atoms with van der Waals surface area (Å²) in [5.41, 5.74) is 3.28. The maximum Gasteiger partial charge on any atom is 0.275 e. The third kappa shape index (κ3) is 6.52. The fourth-order valence-corrected chi connectivity index (χ4v) is 2.56. The Bertz CT molecular complexity index is 729. The van der Waals surface area contributed by atoms with E-state index in [1.807, 2.05) is 7.05 Å². The third-order valence-corrected chi connectivity index (χ3v) is 3.94. The van der Waals surface area contributed by atoms with E-state index in [0.29, 0.717) is 19.6 Å². The average Bonchev–Trinajstić information content (AvgIpc) is 2.61. The van der Waals surface area contributed by atoms with Gasteiger partial charge in [-0.15, -0.1) is 0 Å². The molecule has 3 N–H and O–H groups in total. The highest BCUT2D eigenvalue weighted by atomic mass is 16.6. The minimum absolute atomic E-state index is 0.000103. The second-order valence-corrected chi connectivity index (χ2v) is 6.38. The lowest BCUT2D eigenvalue weighted by Crippen LogP contribution is -3.08. The van der Waals surface area contributed by atoms with E-state index in [0.717, 1.165) is 17.1 Å². The fraction of sp³-hybridized carbons (Fsp3) is 0.316. The van der Waals surface area contributed by atoms with E-state index in [1.54, 1.807) is 12.1 Å². The minimum Gasteiger partial charge on any atom is -0.383 e. The minimum atomic E-state index is -0.431. The van der Waals surface area contributed by atoms with Crippen LogP contribution in [0.4, 0.5) is 11.4 Å². The average molecular weight is 357 g/mol. The number of anilines is 1. The second-order valence-electron chi connectivity index (χ2n) is 6.38. The Labute approximate surface area is 153 Å². The summed E-state index contributed by atoms with van der Waals surface area (Å²) in [7, 11) is 1.99. The molecule has 1 amide bonds. The summed E-state index contributed by atoms with van der Waals surface area (Å²) in [5, 5.41) is 16.6. The molecule has 7 heteroatoms. The molecule has 0 aliphatic heterocycles. The number of nitro groups is 1. The molecule has 0 saturated carbocycles. The third-order valence-electron chi connectivity index (χ3n) is 3.94. The predicted molar refractivity (Wildman–Crippen MR) is 101 cm³/mol. The lowest BCUT2D eigenvalue weighted by molar-refractivity contribution is -0.885. The van der Waals surface area contributed by atoms with Crippen LogP contribution in [-0.4, -0.2) is 37.5 Å². The molecule has 1 unspecified atom stereocenters.